The lowest BCUT2D eigenvalue weighted by atomic mass is 10.1. The zero-order chi connectivity index (χ0) is 15.8. The molecule has 0 spiro atoms. The van der Waals surface area contributed by atoms with Crippen LogP contribution in [-0.4, -0.2) is 17.3 Å². The summed E-state index contributed by atoms with van der Waals surface area (Å²) in [5.74, 6) is 0.372. The third-order valence-corrected chi connectivity index (χ3v) is 2.90. The van der Waals surface area contributed by atoms with Gasteiger partial charge in [0.1, 0.15) is 17.2 Å². The minimum atomic E-state index is 0.177. The van der Waals surface area contributed by atoms with Crippen LogP contribution in [0.25, 0.3) is 12.2 Å². The number of benzene rings is 2. The average molecular weight is 295 g/mol. The van der Waals surface area contributed by atoms with Gasteiger partial charge in [-0.2, -0.15) is 0 Å². The number of phenolic OH excluding ortho intramolecular Hbond substituents is 2. The Balaban J connectivity index is 2.28. The summed E-state index contributed by atoms with van der Waals surface area (Å²) in [7, 11) is 1.50. The maximum absolute atomic E-state index is 9.72. The molecule has 0 unspecified atom stereocenters. The van der Waals surface area contributed by atoms with Crippen molar-refractivity contribution in [2.24, 2.45) is 0 Å². The fourth-order valence-corrected chi connectivity index (χ4v) is 1.79. The van der Waals surface area contributed by atoms with E-state index in [9.17, 15) is 10.2 Å². The molecule has 0 saturated carbocycles. The highest BCUT2D eigenvalue weighted by Gasteiger charge is 1.96. The molecule has 0 radical (unpaired) electrons. The van der Waals surface area contributed by atoms with Gasteiger partial charge in [-0.25, -0.2) is 0 Å². The molecule has 0 aliphatic rings. The lowest BCUT2D eigenvalue weighted by molar-refractivity contribution is 0.121. The summed E-state index contributed by atoms with van der Waals surface area (Å²) in [6, 6.07) is 14.0. The Labute approximate surface area is 129 Å². The number of phenols is 2. The van der Waals surface area contributed by atoms with Crippen LogP contribution < -0.4 is 5.48 Å². The van der Waals surface area contributed by atoms with E-state index in [0.717, 1.165) is 0 Å². The maximum Gasteiger partial charge on any atom is 0.123 e. The van der Waals surface area contributed by atoms with Gasteiger partial charge in [0.15, 0.2) is 0 Å². The lowest BCUT2D eigenvalue weighted by Crippen LogP contribution is -2.08. The quantitative estimate of drug-likeness (QED) is 0.449. The van der Waals surface area contributed by atoms with E-state index in [2.05, 4.69) is 11.2 Å². The molecule has 3 N–H and O–H groups in total. The molecule has 2 aromatic carbocycles. The molecule has 0 bridgehead atoms. The number of hydroxylamine groups is 1. The van der Waals surface area contributed by atoms with Crippen LogP contribution in [0.2, 0.25) is 0 Å². The minimum Gasteiger partial charge on any atom is -0.507 e. The summed E-state index contributed by atoms with van der Waals surface area (Å²) in [6.45, 7) is 0. The molecule has 0 aliphatic heterocycles. The van der Waals surface area contributed by atoms with Crippen molar-refractivity contribution in [3.8, 4) is 11.5 Å². The van der Waals surface area contributed by atoms with Crippen LogP contribution in [0.5, 0.6) is 11.5 Å². The van der Waals surface area contributed by atoms with Crippen molar-refractivity contribution in [1.29, 1.82) is 0 Å². The van der Waals surface area contributed by atoms with E-state index in [1.54, 1.807) is 54.6 Å². The molecule has 0 heterocycles. The molecule has 0 aliphatic carbocycles. The summed E-state index contributed by atoms with van der Waals surface area (Å²) in [4.78, 5) is 4.90. The fraction of sp³-hybridized carbons (Fsp3) is 0.0556. The summed E-state index contributed by atoms with van der Waals surface area (Å²) in [6.07, 6.45) is 5.10. The second-order valence-corrected chi connectivity index (χ2v) is 4.46. The average Bonchev–Trinajstić information content (AvgIpc) is 2.53. The van der Waals surface area contributed by atoms with Crippen molar-refractivity contribution < 1.29 is 15.1 Å². The van der Waals surface area contributed by atoms with Gasteiger partial charge in [-0.15, -0.1) is 0 Å². The third kappa shape index (κ3) is 4.28. The molecular formula is C18H17NO3. The predicted molar refractivity (Wildman–Crippen MR) is 86.9 cm³/mol. The SMILES string of the molecule is CONC(=C=Cc1ccccc1O)C=Cc1ccccc1O. The van der Waals surface area contributed by atoms with E-state index in [4.69, 9.17) is 4.84 Å². The first kappa shape index (κ1) is 15.4. The zero-order valence-electron chi connectivity index (χ0n) is 12.2. The molecule has 2 aromatic rings. The van der Waals surface area contributed by atoms with Gasteiger partial charge < -0.3 is 10.2 Å². The number of rotatable bonds is 5. The molecule has 2 rings (SSSR count). The number of hydrogen-bond donors (Lipinski definition) is 3. The Morgan fingerprint density at radius 2 is 1.59 bits per heavy atom. The monoisotopic (exact) mass is 295 g/mol. The van der Waals surface area contributed by atoms with Crippen molar-refractivity contribution >= 4 is 12.2 Å². The largest absolute Gasteiger partial charge is 0.507 e. The van der Waals surface area contributed by atoms with Gasteiger partial charge in [0.2, 0.25) is 0 Å². The van der Waals surface area contributed by atoms with E-state index in [1.807, 2.05) is 12.1 Å². The summed E-state index contributed by atoms with van der Waals surface area (Å²) in [5.41, 5.74) is 7.56. The van der Waals surface area contributed by atoms with Gasteiger partial charge in [-0.05, 0) is 30.4 Å². The predicted octanol–water partition coefficient (Wildman–Crippen LogP) is 3.46. The lowest BCUT2D eigenvalue weighted by Gasteiger charge is -2.02. The van der Waals surface area contributed by atoms with Crippen molar-refractivity contribution in [2.45, 2.75) is 0 Å². The Morgan fingerprint density at radius 1 is 1.00 bits per heavy atom. The summed E-state index contributed by atoms with van der Waals surface area (Å²) < 4.78 is 0. The van der Waals surface area contributed by atoms with Crippen molar-refractivity contribution in [3.05, 3.63) is 77.2 Å². The Bertz CT molecular complexity index is 729. The number of para-hydroxylation sites is 2. The van der Waals surface area contributed by atoms with Gasteiger partial charge in [-0.1, -0.05) is 42.1 Å². The molecule has 0 atom stereocenters. The van der Waals surface area contributed by atoms with E-state index >= 15 is 0 Å². The summed E-state index contributed by atoms with van der Waals surface area (Å²) in [5, 5.41) is 19.4. The van der Waals surface area contributed by atoms with Gasteiger partial charge in [0.05, 0.1) is 7.11 Å². The number of aromatic hydroxyl groups is 2. The van der Waals surface area contributed by atoms with Gasteiger partial charge in [0.25, 0.3) is 0 Å². The highest BCUT2D eigenvalue weighted by atomic mass is 16.6. The molecule has 0 fully saturated rings. The van der Waals surface area contributed by atoms with Gasteiger partial charge in [0, 0.05) is 11.1 Å². The van der Waals surface area contributed by atoms with Crippen LogP contribution in [0.3, 0.4) is 0 Å². The zero-order valence-corrected chi connectivity index (χ0v) is 12.2. The molecule has 4 heteroatoms. The van der Waals surface area contributed by atoms with Gasteiger partial charge >= 0.3 is 0 Å². The van der Waals surface area contributed by atoms with Crippen LogP contribution in [0.15, 0.2) is 66.0 Å². The van der Waals surface area contributed by atoms with Gasteiger partial charge in [-0.3, -0.25) is 10.3 Å². The topological polar surface area (TPSA) is 61.7 Å². The highest BCUT2D eigenvalue weighted by Crippen LogP contribution is 2.18. The van der Waals surface area contributed by atoms with E-state index in [1.165, 1.54) is 7.11 Å². The highest BCUT2D eigenvalue weighted by molar-refractivity contribution is 5.60. The fourth-order valence-electron chi connectivity index (χ4n) is 1.79. The minimum absolute atomic E-state index is 0.177. The summed E-state index contributed by atoms with van der Waals surface area (Å²) >= 11 is 0. The maximum atomic E-state index is 9.72. The smallest absolute Gasteiger partial charge is 0.123 e. The van der Waals surface area contributed by atoms with E-state index in [0.29, 0.717) is 16.8 Å². The number of nitrogens with one attached hydrogen (secondary N) is 1. The molecular weight excluding hydrogens is 278 g/mol. The Kier molecular flexibility index (Phi) is 5.44. The Morgan fingerprint density at radius 3 is 2.18 bits per heavy atom. The first-order valence-corrected chi connectivity index (χ1v) is 6.70. The molecule has 0 saturated heterocycles. The number of hydrogen-bond acceptors (Lipinski definition) is 4. The standard InChI is InChI=1S/C18H17NO3/c1-22-19-16(12-10-14-6-2-4-8-17(14)20)13-11-15-7-3-5-9-18(15)21/h2-12,19-21H,1H3. The van der Waals surface area contributed by atoms with Crippen molar-refractivity contribution in [2.75, 3.05) is 7.11 Å². The van der Waals surface area contributed by atoms with Crippen LogP contribution in [0.4, 0.5) is 0 Å². The second kappa shape index (κ2) is 7.74. The molecule has 112 valence electrons. The first-order chi connectivity index (χ1) is 10.7. The molecule has 22 heavy (non-hydrogen) atoms. The van der Waals surface area contributed by atoms with Crippen LogP contribution in [-0.2, 0) is 4.84 Å². The Hall–Kier alpha value is -2.94. The van der Waals surface area contributed by atoms with Crippen molar-refractivity contribution in [3.63, 3.8) is 0 Å². The van der Waals surface area contributed by atoms with Crippen molar-refractivity contribution in [1.82, 2.24) is 5.48 Å². The first-order valence-electron chi connectivity index (χ1n) is 6.70. The normalized spacial score (nSPS) is 10.2. The third-order valence-electron chi connectivity index (χ3n) is 2.90. The van der Waals surface area contributed by atoms with E-state index in [-0.39, 0.29) is 11.5 Å². The molecule has 0 amide bonds. The second-order valence-electron chi connectivity index (χ2n) is 4.46. The van der Waals surface area contributed by atoms with E-state index < -0.39 is 0 Å². The number of allylic oxidation sites excluding steroid dienone is 1. The van der Waals surface area contributed by atoms with Crippen LogP contribution in [0.1, 0.15) is 11.1 Å². The molecule has 4 nitrogen and oxygen atoms in total. The molecule has 0 aromatic heterocycles. The van der Waals surface area contributed by atoms with Crippen LogP contribution >= 0.6 is 0 Å². The van der Waals surface area contributed by atoms with Crippen LogP contribution in [0, 0.1) is 0 Å².